The maximum absolute atomic E-state index is 14.1. The van der Waals surface area contributed by atoms with Crippen molar-refractivity contribution in [2.45, 2.75) is 44.7 Å². The number of nitrogens with zero attached hydrogens (tertiary/aromatic N) is 3. The number of fused-ring (bicyclic) bond motifs is 2. The molecule has 5 aliphatic rings. The van der Waals surface area contributed by atoms with Crippen LogP contribution in [0, 0.1) is 0 Å². The van der Waals surface area contributed by atoms with Gasteiger partial charge in [-0.05, 0) is 96.9 Å². The van der Waals surface area contributed by atoms with Gasteiger partial charge in [0.1, 0.15) is 5.75 Å². The summed E-state index contributed by atoms with van der Waals surface area (Å²) in [5, 5.41) is 3.62. The molecule has 7 bridgehead atoms. The molecule has 0 spiro atoms. The highest BCUT2D eigenvalue weighted by Gasteiger charge is 2.44. The molecular formula is C41H43N3O9. The zero-order valence-electron chi connectivity index (χ0n) is 30.8. The molecule has 5 aliphatic heterocycles. The molecule has 0 aliphatic carbocycles. The zero-order chi connectivity index (χ0) is 37.0. The number of esters is 1. The Hall–Kier alpha value is -5.46. The molecule has 0 aromatic heterocycles. The Balaban J connectivity index is 1.39. The zero-order valence-corrected chi connectivity index (χ0v) is 30.8. The summed E-state index contributed by atoms with van der Waals surface area (Å²) >= 11 is 0. The molecule has 0 saturated heterocycles. The Morgan fingerprint density at radius 1 is 0.755 bits per heavy atom. The molecule has 0 unspecified atom stereocenters. The fourth-order valence-electron chi connectivity index (χ4n) is 8.22. The number of hydrogen-bond acceptors (Lipinski definition) is 11. The lowest BCUT2D eigenvalue weighted by Gasteiger charge is -2.48. The quantitative estimate of drug-likeness (QED) is 0.208. The average molecular weight is 722 g/mol. The van der Waals surface area contributed by atoms with E-state index in [1.807, 2.05) is 35.3 Å². The molecule has 5 heterocycles. The van der Waals surface area contributed by atoms with Crippen molar-refractivity contribution in [1.29, 1.82) is 0 Å². The van der Waals surface area contributed by atoms with E-state index in [0.717, 1.165) is 47.2 Å². The predicted molar refractivity (Wildman–Crippen MR) is 196 cm³/mol. The molecule has 12 nitrogen and oxygen atoms in total. The standard InChI is InChI=1S/C41H43N3O9/c1-23(45)51-22-38(46)44-30-21-34(48-4)35-19-27(30)16-32-39-26(12-14-43(32)44)18-37(49-5)40(50-6)41(39)53-36-20-29-25(17-33(36)47-3)11-13-42(2)31(29)15-24-7-9-28(52-35)10-8-24/h7-10,17-21,31-32H,11-16,22H2,1-6H3/t31-,32-/m0/s1. The van der Waals surface area contributed by atoms with Crippen LogP contribution in [-0.2, 0) is 40.0 Å². The van der Waals surface area contributed by atoms with Gasteiger partial charge in [-0.25, -0.2) is 10.0 Å². The third-order valence-electron chi connectivity index (χ3n) is 10.8. The van der Waals surface area contributed by atoms with E-state index in [-0.39, 0.29) is 6.04 Å². The van der Waals surface area contributed by atoms with E-state index in [2.05, 4.69) is 36.2 Å². The van der Waals surface area contributed by atoms with Crippen LogP contribution >= 0.6 is 0 Å². The van der Waals surface area contributed by atoms with Crippen LogP contribution < -0.4 is 33.4 Å². The first-order valence-corrected chi connectivity index (χ1v) is 17.8. The third-order valence-corrected chi connectivity index (χ3v) is 10.8. The van der Waals surface area contributed by atoms with Gasteiger partial charge in [-0.2, -0.15) is 0 Å². The lowest BCUT2D eigenvalue weighted by molar-refractivity contribution is -0.146. The van der Waals surface area contributed by atoms with Crippen LogP contribution in [0.15, 0.2) is 54.6 Å². The summed E-state index contributed by atoms with van der Waals surface area (Å²) in [6.07, 6.45) is 2.71. The van der Waals surface area contributed by atoms with Crippen LogP contribution in [0.5, 0.6) is 46.0 Å². The summed E-state index contributed by atoms with van der Waals surface area (Å²) in [6, 6.07) is 17.7. The molecule has 0 saturated carbocycles. The smallest absolute Gasteiger partial charge is 0.303 e. The maximum Gasteiger partial charge on any atom is 0.303 e. The Bertz CT molecular complexity index is 2100. The molecular weight excluding hydrogens is 678 g/mol. The number of hydrogen-bond donors (Lipinski definition) is 0. The van der Waals surface area contributed by atoms with Crippen molar-refractivity contribution in [3.05, 3.63) is 88.0 Å². The van der Waals surface area contributed by atoms with E-state index >= 15 is 0 Å². The van der Waals surface area contributed by atoms with Gasteiger partial charge in [0.2, 0.25) is 5.75 Å². The lowest BCUT2D eigenvalue weighted by atomic mass is 9.85. The maximum atomic E-state index is 14.1. The predicted octanol–water partition coefficient (Wildman–Crippen LogP) is 6.36. The molecule has 4 aromatic rings. The molecule has 0 fully saturated rings. The number of hydrazine groups is 1. The van der Waals surface area contributed by atoms with Gasteiger partial charge in [0, 0.05) is 37.7 Å². The second-order valence-electron chi connectivity index (χ2n) is 13.8. The van der Waals surface area contributed by atoms with Crippen molar-refractivity contribution >= 4 is 17.6 Å². The monoisotopic (exact) mass is 721 g/mol. The Morgan fingerprint density at radius 2 is 1.45 bits per heavy atom. The van der Waals surface area contributed by atoms with Gasteiger partial charge in [0.05, 0.1) is 40.2 Å². The Labute approximate surface area is 308 Å². The Kier molecular flexibility index (Phi) is 9.03. The number of amides is 1. The summed E-state index contributed by atoms with van der Waals surface area (Å²) in [5.74, 6) is 3.28. The first-order chi connectivity index (χ1) is 25.7. The van der Waals surface area contributed by atoms with Crippen LogP contribution in [0.1, 0.15) is 52.4 Å². The highest BCUT2D eigenvalue weighted by atomic mass is 16.6. The average Bonchev–Trinajstić information content (AvgIpc) is 3.16. The number of likely N-dealkylation sites (N-methyl/N-ethyl adjacent to an activating group) is 1. The third kappa shape index (κ3) is 6.05. The highest BCUT2D eigenvalue weighted by Crippen LogP contribution is 2.54. The van der Waals surface area contributed by atoms with E-state index in [4.69, 9.17) is 33.2 Å². The van der Waals surface area contributed by atoms with Gasteiger partial charge < -0.3 is 33.2 Å². The van der Waals surface area contributed by atoms with Crippen molar-refractivity contribution < 1.29 is 42.7 Å². The lowest BCUT2D eigenvalue weighted by Crippen LogP contribution is -2.55. The molecule has 2 atom stereocenters. The number of carbonyl (C=O) groups is 2. The van der Waals surface area contributed by atoms with Crippen molar-refractivity contribution in [3.8, 4) is 46.0 Å². The van der Waals surface area contributed by atoms with E-state index in [9.17, 15) is 9.59 Å². The van der Waals surface area contributed by atoms with E-state index in [0.29, 0.717) is 71.1 Å². The van der Waals surface area contributed by atoms with Gasteiger partial charge in [-0.1, -0.05) is 12.1 Å². The molecule has 12 heteroatoms. The van der Waals surface area contributed by atoms with Crippen LogP contribution in [0.3, 0.4) is 0 Å². The van der Waals surface area contributed by atoms with Crippen molar-refractivity contribution in [2.24, 2.45) is 0 Å². The summed E-state index contributed by atoms with van der Waals surface area (Å²) in [7, 11) is 8.59. The van der Waals surface area contributed by atoms with Crippen molar-refractivity contribution in [2.75, 3.05) is 60.2 Å². The summed E-state index contributed by atoms with van der Waals surface area (Å²) in [4.78, 5) is 28.4. The summed E-state index contributed by atoms with van der Waals surface area (Å²) in [6.45, 7) is 2.24. The van der Waals surface area contributed by atoms with Gasteiger partial charge in [0.15, 0.2) is 41.1 Å². The normalized spacial score (nSPS) is 18.6. The largest absolute Gasteiger partial charge is 0.493 e. The molecule has 0 radical (unpaired) electrons. The fourth-order valence-corrected chi connectivity index (χ4v) is 8.22. The van der Waals surface area contributed by atoms with Crippen LogP contribution in [-0.4, -0.2) is 77.0 Å². The second-order valence-corrected chi connectivity index (χ2v) is 13.8. The second kappa shape index (κ2) is 13.8. The SMILES string of the molecule is COc1cc2c3cc1Oc1ccc(cc1)C[C@H]1c4cc(c(OC)cc4CCN1C)Oc1c(OC)c(OC)cc4c1[C@H](C3)N(CC4)N2C(=O)COC(C)=O. The molecule has 1 amide bonds. The molecule has 0 N–H and O–H groups in total. The number of benzene rings is 4. The minimum atomic E-state index is -0.545. The highest BCUT2D eigenvalue weighted by molar-refractivity contribution is 5.96. The van der Waals surface area contributed by atoms with E-state index in [1.165, 1.54) is 12.5 Å². The first-order valence-electron chi connectivity index (χ1n) is 17.8. The van der Waals surface area contributed by atoms with Crippen LogP contribution in [0.25, 0.3) is 0 Å². The topological polar surface area (TPSA) is 108 Å². The van der Waals surface area contributed by atoms with E-state index < -0.39 is 24.5 Å². The van der Waals surface area contributed by atoms with Crippen LogP contribution in [0.4, 0.5) is 5.69 Å². The van der Waals surface area contributed by atoms with Gasteiger partial charge in [-0.15, -0.1) is 0 Å². The number of carbonyl (C=O) groups excluding carboxylic acids is 2. The van der Waals surface area contributed by atoms with E-state index in [1.54, 1.807) is 33.4 Å². The van der Waals surface area contributed by atoms with Crippen molar-refractivity contribution in [3.63, 3.8) is 0 Å². The number of rotatable bonds is 6. The van der Waals surface area contributed by atoms with Crippen molar-refractivity contribution in [1.82, 2.24) is 9.91 Å². The molecule has 276 valence electrons. The minimum Gasteiger partial charge on any atom is -0.493 e. The minimum absolute atomic E-state index is 0.0830. The summed E-state index contributed by atoms with van der Waals surface area (Å²) in [5.41, 5.74) is 6.84. The summed E-state index contributed by atoms with van der Waals surface area (Å²) < 4.78 is 42.6. The molecule has 4 aromatic carbocycles. The molecule has 9 rings (SSSR count). The number of anilines is 1. The van der Waals surface area contributed by atoms with Gasteiger partial charge in [0.25, 0.3) is 5.91 Å². The molecule has 53 heavy (non-hydrogen) atoms. The van der Waals surface area contributed by atoms with Gasteiger partial charge >= 0.3 is 5.97 Å². The van der Waals surface area contributed by atoms with Gasteiger partial charge in [-0.3, -0.25) is 14.5 Å². The fraction of sp³-hybridized carbons (Fsp3) is 0.366. The number of methoxy groups -OCH3 is 4. The van der Waals surface area contributed by atoms with Crippen LogP contribution in [0.2, 0.25) is 0 Å². The number of ether oxygens (including phenoxy) is 7. The first kappa shape index (κ1) is 34.6. The Morgan fingerprint density at radius 3 is 2.17 bits per heavy atom.